The zero-order valence-electron chi connectivity index (χ0n) is 18.4. The average molecular weight is 423 g/mol. The fraction of sp³-hybridized carbons (Fsp3) is 0.440. The molecule has 2 N–H and O–H groups in total. The van der Waals surface area contributed by atoms with Crippen LogP contribution in [0.4, 0.5) is 10.1 Å². The van der Waals surface area contributed by atoms with E-state index in [-0.39, 0.29) is 11.7 Å². The van der Waals surface area contributed by atoms with E-state index in [0.717, 1.165) is 56.0 Å². The first-order valence-electron chi connectivity index (χ1n) is 11.1. The van der Waals surface area contributed by atoms with Gasteiger partial charge in [-0.25, -0.2) is 4.39 Å². The van der Waals surface area contributed by atoms with E-state index in [9.17, 15) is 9.18 Å². The number of amides is 1. The van der Waals surface area contributed by atoms with Gasteiger partial charge in [-0.1, -0.05) is 24.3 Å². The zero-order valence-corrected chi connectivity index (χ0v) is 18.4. The molecular formula is C25H31FN4O. The molecule has 1 saturated heterocycles. The van der Waals surface area contributed by atoms with Crippen LogP contribution in [-0.2, 0) is 10.3 Å². The number of nitrogens with two attached hydrogens (primary N) is 1. The van der Waals surface area contributed by atoms with Crippen molar-refractivity contribution in [3.8, 4) is 0 Å². The number of nitrogen functional groups attached to an aromatic ring is 1. The number of hydrogen-bond acceptors (Lipinski definition) is 4. The van der Waals surface area contributed by atoms with Gasteiger partial charge in [-0.15, -0.1) is 0 Å². The second-order valence-corrected chi connectivity index (χ2v) is 8.83. The number of likely N-dealkylation sites (tertiary alicyclic amines) is 1. The van der Waals surface area contributed by atoms with E-state index < -0.39 is 5.54 Å². The quantitative estimate of drug-likeness (QED) is 0.712. The Morgan fingerprint density at radius 3 is 2.52 bits per heavy atom. The van der Waals surface area contributed by atoms with Crippen molar-refractivity contribution < 1.29 is 9.18 Å². The molecule has 6 heteroatoms. The van der Waals surface area contributed by atoms with Crippen LogP contribution in [0.15, 0.2) is 53.5 Å². The van der Waals surface area contributed by atoms with E-state index in [2.05, 4.69) is 22.0 Å². The molecule has 0 bridgehead atoms. The number of carbonyl (C=O) groups excluding carboxylic acids is 1. The summed E-state index contributed by atoms with van der Waals surface area (Å²) in [7, 11) is 0. The van der Waals surface area contributed by atoms with Crippen molar-refractivity contribution in [3.63, 3.8) is 0 Å². The summed E-state index contributed by atoms with van der Waals surface area (Å²) >= 11 is 0. The maximum absolute atomic E-state index is 13.3. The summed E-state index contributed by atoms with van der Waals surface area (Å²) in [6.07, 6.45) is 3.17. The summed E-state index contributed by atoms with van der Waals surface area (Å²) in [6, 6.07) is 14.3. The van der Waals surface area contributed by atoms with Crippen molar-refractivity contribution in [3.05, 3.63) is 65.5 Å². The van der Waals surface area contributed by atoms with Gasteiger partial charge in [0.25, 0.3) is 5.91 Å². The normalized spacial score (nSPS) is 22.7. The molecule has 0 saturated carbocycles. The van der Waals surface area contributed by atoms with Crippen molar-refractivity contribution in [2.45, 2.75) is 44.6 Å². The van der Waals surface area contributed by atoms with Crippen LogP contribution in [0.5, 0.6) is 0 Å². The number of benzene rings is 2. The van der Waals surface area contributed by atoms with Gasteiger partial charge in [-0.3, -0.25) is 14.7 Å². The molecule has 2 heterocycles. The Kier molecular flexibility index (Phi) is 6.10. The molecule has 4 rings (SSSR count). The van der Waals surface area contributed by atoms with Crippen LogP contribution in [0.3, 0.4) is 0 Å². The molecule has 31 heavy (non-hydrogen) atoms. The predicted octanol–water partition coefficient (Wildman–Crippen LogP) is 4.15. The van der Waals surface area contributed by atoms with Crippen molar-refractivity contribution in [2.75, 3.05) is 31.9 Å². The number of aliphatic imine (C=N–C) groups is 1. The summed E-state index contributed by atoms with van der Waals surface area (Å²) in [5.74, 6) is 0.967. The van der Waals surface area contributed by atoms with Gasteiger partial charge in [0.05, 0.1) is 0 Å². The van der Waals surface area contributed by atoms with E-state index in [4.69, 9.17) is 5.73 Å². The molecule has 1 unspecified atom stereocenters. The summed E-state index contributed by atoms with van der Waals surface area (Å²) in [5.41, 5.74) is 7.87. The molecule has 0 spiro atoms. The lowest BCUT2D eigenvalue weighted by molar-refractivity contribution is -0.131. The fourth-order valence-electron chi connectivity index (χ4n) is 4.82. The topological polar surface area (TPSA) is 61.9 Å². The van der Waals surface area contributed by atoms with E-state index in [1.54, 1.807) is 17.0 Å². The summed E-state index contributed by atoms with van der Waals surface area (Å²) < 4.78 is 13.3. The lowest BCUT2D eigenvalue weighted by Crippen LogP contribution is -2.41. The average Bonchev–Trinajstić information content (AvgIpc) is 2.98. The van der Waals surface area contributed by atoms with Gasteiger partial charge in [0.15, 0.2) is 5.54 Å². The fourth-order valence-corrected chi connectivity index (χ4v) is 4.82. The molecule has 1 fully saturated rings. The van der Waals surface area contributed by atoms with Gasteiger partial charge in [0.2, 0.25) is 0 Å². The van der Waals surface area contributed by atoms with Crippen molar-refractivity contribution in [1.82, 2.24) is 9.80 Å². The Morgan fingerprint density at radius 1 is 1.13 bits per heavy atom. The summed E-state index contributed by atoms with van der Waals surface area (Å²) in [4.78, 5) is 22.0. The molecule has 2 aromatic carbocycles. The standard InChI is InChI=1S/C25H31FN4O/c1-18-28-25(2,21-7-9-22(26)10-8-21)24(31)30(18)14-4-13-29-15-11-19(12-16-29)20-5-3-6-23(27)17-20/h3,5-10,17,19H,4,11-16,27H2,1-2H3. The Bertz CT molecular complexity index is 966. The number of amidine groups is 1. The minimum absolute atomic E-state index is 0.0306. The molecule has 2 aliphatic rings. The van der Waals surface area contributed by atoms with Crippen LogP contribution in [-0.4, -0.2) is 47.7 Å². The number of nitrogens with zero attached hydrogens (tertiary/aromatic N) is 3. The SMILES string of the molecule is CC1=NC(C)(c2ccc(F)cc2)C(=O)N1CCCN1CCC(c2cccc(N)c2)CC1. The highest BCUT2D eigenvalue weighted by molar-refractivity contribution is 6.07. The van der Waals surface area contributed by atoms with Gasteiger partial charge in [-0.05, 0) is 94.1 Å². The van der Waals surface area contributed by atoms with Gasteiger partial charge in [0.1, 0.15) is 11.7 Å². The molecule has 0 aliphatic carbocycles. The number of hydrogen-bond donors (Lipinski definition) is 1. The predicted molar refractivity (Wildman–Crippen MR) is 122 cm³/mol. The number of halogens is 1. The first-order chi connectivity index (χ1) is 14.9. The molecule has 0 radical (unpaired) electrons. The minimum Gasteiger partial charge on any atom is -0.399 e. The zero-order chi connectivity index (χ0) is 22.0. The monoisotopic (exact) mass is 422 g/mol. The molecule has 164 valence electrons. The second-order valence-electron chi connectivity index (χ2n) is 8.83. The Morgan fingerprint density at radius 2 is 1.84 bits per heavy atom. The van der Waals surface area contributed by atoms with E-state index in [0.29, 0.717) is 12.5 Å². The molecule has 2 aliphatic heterocycles. The molecule has 0 aromatic heterocycles. The van der Waals surface area contributed by atoms with Crippen LogP contribution in [0.25, 0.3) is 0 Å². The van der Waals surface area contributed by atoms with Gasteiger partial charge < -0.3 is 10.6 Å². The third-order valence-electron chi connectivity index (χ3n) is 6.67. The highest BCUT2D eigenvalue weighted by Crippen LogP contribution is 2.34. The van der Waals surface area contributed by atoms with E-state index in [1.165, 1.54) is 17.7 Å². The Labute approximate surface area is 183 Å². The van der Waals surface area contributed by atoms with Crippen LogP contribution in [0.2, 0.25) is 0 Å². The molecule has 1 amide bonds. The van der Waals surface area contributed by atoms with Gasteiger partial charge in [-0.2, -0.15) is 0 Å². The largest absolute Gasteiger partial charge is 0.399 e. The number of piperidine rings is 1. The molecular weight excluding hydrogens is 391 g/mol. The van der Waals surface area contributed by atoms with Crippen molar-refractivity contribution >= 4 is 17.4 Å². The summed E-state index contributed by atoms with van der Waals surface area (Å²) in [5, 5.41) is 0. The lowest BCUT2D eigenvalue weighted by Gasteiger charge is -2.32. The van der Waals surface area contributed by atoms with Crippen LogP contribution < -0.4 is 5.73 Å². The third-order valence-corrected chi connectivity index (χ3v) is 6.67. The highest BCUT2D eigenvalue weighted by atomic mass is 19.1. The van der Waals surface area contributed by atoms with Gasteiger partial charge >= 0.3 is 0 Å². The lowest BCUT2D eigenvalue weighted by atomic mass is 9.89. The van der Waals surface area contributed by atoms with Crippen molar-refractivity contribution in [1.29, 1.82) is 0 Å². The first-order valence-corrected chi connectivity index (χ1v) is 11.1. The van der Waals surface area contributed by atoms with Crippen molar-refractivity contribution in [2.24, 2.45) is 4.99 Å². The highest BCUT2D eigenvalue weighted by Gasteiger charge is 2.44. The summed E-state index contributed by atoms with van der Waals surface area (Å²) in [6.45, 7) is 7.44. The van der Waals surface area contributed by atoms with Crippen LogP contribution in [0, 0.1) is 5.82 Å². The number of rotatable bonds is 6. The number of carbonyl (C=O) groups is 1. The molecule has 1 atom stereocenters. The second kappa shape index (κ2) is 8.79. The molecule has 2 aromatic rings. The van der Waals surface area contributed by atoms with Crippen LogP contribution in [0.1, 0.15) is 50.2 Å². The van der Waals surface area contributed by atoms with E-state index >= 15 is 0 Å². The minimum atomic E-state index is -0.965. The maximum atomic E-state index is 13.3. The number of anilines is 1. The first kappa shape index (κ1) is 21.5. The smallest absolute Gasteiger partial charge is 0.260 e. The Hall–Kier alpha value is -2.73. The van der Waals surface area contributed by atoms with Gasteiger partial charge in [0, 0.05) is 12.2 Å². The third kappa shape index (κ3) is 4.49. The van der Waals surface area contributed by atoms with Crippen LogP contribution >= 0.6 is 0 Å². The Balaban J connectivity index is 1.28. The maximum Gasteiger partial charge on any atom is 0.260 e. The van der Waals surface area contributed by atoms with E-state index in [1.807, 2.05) is 26.0 Å². The molecule has 5 nitrogen and oxygen atoms in total.